The van der Waals surface area contributed by atoms with Gasteiger partial charge in [-0.25, -0.2) is 4.79 Å². The van der Waals surface area contributed by atoms with Crippen molar-refractivity contribution in [2.75, 3.05) is 13.2 Å². The number of ether oxygens (including phenoxy) is 2. The van der Waals surface area contributed by atoms with Crippen LogP contribution >= 0.6 is 0 Å². The van der Waals surface area contributed by atoms with Crippen LogP contribution in [0.1, 0.15) is 67.2 Å². The highest BCUT2D eigenvalue weighted by Crippen LogP contribution is 2.33. The van der Waals surface area contributed by atoms with Crippen LogP contribution in [0.2, 0.25) is 0 Å². The molecule has 1 N–H and O–H groups in total. The fourth-order valence-corrected chi connectivity index (χ4v) is 2.99. The van der Waals surface area contributed by atoms with E-state index in [0.29, 0.717) is 12.5 Å². The molecule has 0 aliphatic carbocycles. The Kier molecular flexibility index (Phi) is 6.68. The molecule has 1 aliphatic rings. The van der Waals surface area contributed by atoms with Gasteiger partial charge in [0.2, 0.25) is 0 Å². The summed E-state index contributed by atoms with van der Waals surface area (Å²) in [5, 5.41) is 9.01. The zero-order valence-corrected chi connectivity index (χ0v) is 15.0. The molecule has 5 heteroatoms. The first-order valence-electron chi connectivity index (χ1n) is 8.38. The van der Waals surface area contributed by atoms with Crippen molar-refractivity contribution < 1.29 is 19.4 Å². The Morgan fingerprint density at radius 1 is 1.45 bits per heavy atom. The molecule has 1 saturated heterocycles. The molecule has 1 fully saturated rings. The van der Waals surface area contributed by atoms with Gasteiger partial charge in [-0.15, -0.1) is 0 Å². The van der Waals surface area contributed by atoms with Crippen molar-refractivity contribution in [2.45, 2.75) is 84.6 Å². The maximum Gasteiger partial charge on any atom is 0.412 e. The van der Waals surface area contributed by atoms with Crippen molar-refractivity contribution in [3.05, 3.63) is 0 Å². The molecular weight excluding hydrogens is 282 g/mol. The van der Waals surface area contributed by atoms with E-state index < -0.39 is 11.3 Å². The van der Waals surface area contributed by atoms with Crippen LogP contribution in [0.15, 0.2) is 0 Å². The minimum atomic E-state index is -0.637. The van der Waals surface area contributed by atoms with E-state index in [2.05, 4.69) is 6.92 Å². The lowest BCUT2D eigenvalue weighted by molar-refractivity contribution is -0.0631. The van der Waals surface area contributed by atoms with E-state index in [9.17, 15) is 4.79 Å². The zero-order chi connectivity index (χ0) is 17.0. The first-order valence-corrected chi connectivity index (χ1v) is 8.38. The standard InChI is InChI=1S/C17H33NO4/c1-7-13(9-8-10-19)11-14-12-21-17(5,6)18(14)15(20)22-16(2,3)4/h13-14,19H,7-12H2,1-6H3. The van der Waals surface area contributed by atoms with Gasteiger partial charge in [0.05, 0.1) is 12.6 Å². The van der Waals surface area contributed by atoms with Gasteiger partial charge in [0.1, 0.15) is 11.3 Å². The molecule has 5 nitrogen and oxygen atoms in total. The maximum absolute atomic E-state index is 12.6. The van der Waals surface area contributed by atoms with Gasteiger partial charge < -0.3 is 14.6 Å². The number of rotatable bonds is 6. The minimum absolute atomic E-state index is 0.0356. The maximum atomic E-state index is 12.6. The van der Waals surface area contributed by atoms with Crippen LogP contribution in [0.25, 0.3) is 0 Å². The molecular formula is C17H33NO4. The molecule has 0 saturated carbocycles. The molecule has 130 valence electrons. The molecule has 2 unspecified atom stereocenters. The molecule has 0 aromatic rings. The predicted molar refractivity (Wildman–Crippen MR) is 86.6 cm³/mol. The number of aliphatic hydroxyl groups excluding tert-OH is 1. The van der Waals surface area contributed by atoms with Crippen molar-refractivity contribution in [2.24, 2.45) is 5.92 Å². The summed E-state index contributed by atoms with van der Waals surface area (Å²) >= 11 is 0. The summed E-state index contributed by atoms with van der Waals surface area (Å²) in [5.74, 6) is 0.486. The average molecular weight is 315 g/mol. The summed E-state index contributed by atoms with van der Waals surface area (Å²) in [6, 6.07) is 0.0356. The Labute approximate surface area is 135 Å². The van der Waals surface area contributed by atoms with E-state index in [-0.39, 0.29) is 18.7 Å². The van der Waals surface area contributed by atoms with Gasteiger partial charge in [-0.3, -0.25) is 4.90 Å². The average Bonchev–Trinajstić information content (AvgIpc) is 2.67. The smallest absolute Gasteiger partial charge is 0.412 e. The summed E-state index contributed by atoms with van der Waals surface area (Å²) in [6.45, 7) is 12.4. The number of carbonyl (C=O) groups excluding carboxylic acids is 1. The van der Waals surface area contributed by atoms with Gasteiger partial charge in [-0.05, 0) is 59.8 Å². The molecule has 2 atom stereocenters. The van der Waals surface area contributed by atoms with Gasteiger partial charge in [0, 0.05) is 6.61 Å². The van der Waals surface area contributed by atoms with Crippen LogP contribution in [0.4, 0.5) is 4.79 Å². The van der Waals surface area contributed by atoms with Crippen LogP contribution in [-0.2, 0) is 9.47 Å². The first kappa shape index (κ1) is 19.2. The Bertz CT molecular complexity index is 362. The molecule has 1 heterocycles. The highest BCUT2D eigenvalue weighted by Gasteiger charge is 2.45. The second kappa shape index (κ2) is 7.64. The fraction of sp³-hybridized carbons (Fsp3) is 0.941. The Morgan fingerprint density at radius 2 is 2.09 bits per heavy atom. The molecule has 0 spiro atoms. The largest absolute Gasteiger partial charge is 0.444 e. The summed E-state index contributed by atoms with van der Waals surface area (Å²) in [7, 11) is 0. The highest BCUT2D eigenvalue weighted by atomic mass is 16.6. The van der Waals surface area contributed by atoms with Crippen LogP contribution in [0.5, 0.6) is 0 Å². The topological polar surface area (TPSA) is 59.0 Å². The Hall–Kier alpha value is -0.810. The second-order valence-corrected chi connectivity index (χ2v) is 7.64. The number of amides is 1. The third-order valence-corrected chi connectivity index (χ3v) is 4.12. The lowest BCUT2D eigenvalue weighted by atomic mass is 9.92. The van der Waals surface area contributed by atoms with E-state index in [1.165, 1.54) is 0 Å². The SMILES string of the molecule is CCC(CCCO)CC1COC(C)(C)N1C(=O)OC(C)(C)C. The molecule has 0 aromatic heterocycles. The normalized spacial score (nSPS) is 22.7. The minimum Gasteiger partial charge on any atom is -0.444 e. The fourth-order valence-electron chi connectivity index (χ4n) is 2.99. The monoisotopic (exact) mass is 315 g/mol. The second-order valence-electron chi connectivity index (χ2n) is 7.64. The van der Waals surface area contributed by atoms with Gasteiger partial charge in [0.15, 0.2) is 0 Å². The van der Waals surface area contributed by atoms with Crippen molar-refractivity contribution >= 4 is 6.09 Å². The summed E-state index contributed by atoms with van der Waals surface area (Å²) in [4.78, 5) is 14.3. The first-order chi connectivity index (χ1) is 10.1. The quantitative estimate of drug-likeness (QED) is 0.814. The van der Waals surface area contributed by atoms with Gasteiger partial charge in [-0.1, -0.05) is 13.3 Å². The lowest BCUT2D eigenvalue weighted by Crippen LogP contribution is -2.50. The Balaban J connectivity index is 2.78. The van der Waals surface area contributed by atoms with Crippen LogP contribution in [0, 0.1) is 5.92 Å². The van der Waals surface area contributed by atoms with Gasteiger partial charge in [0.25, 0.3) is 0 Å². The number of hydrogen-bond donors (Lipinski definition) is 1. The molecule has 1 aliphatic heterocycles. The third kappa shape index (κ3) is 5.43. The lowest BCUT2D eigenvalue weighted by Gasteiger charge is -2.36. The van der Waals surface area contributed by atoms with Crippen LogP contribution < -0.4 is 0 Å². The number of hydrogen-bond acceptors (Lipinski definition) is 4. The summed E-state index contributed by atoms with van der Waals surface area (Å²) < 4.78 is 11.4. The third-order valence-electron chi connectivity index (χ3n) is 4.12. The van der Waals surface area contributed by atoms with E-state index in [0.717, 1.165) is 25.7 Å². The van der Waals surface area contributed by atoms with Crippen molar-refractivity contribution in [3.8, 4) is 0 Å². The number of nitrogens with zero attached hydrogens (tertiary/aromatic N) is 1. The number of aliphatic hydroxyl groups is 1. The molecule has 1 amide bonds. The van der Waals surface area contributed by atoms with Crippen LogP contribution in [-0.4, -0.2) is 46.7 Å². The van der Waals surface area contributed by atoms with E-state index in [4.69, 9.17) is 14.6 Å². The molecule has 1 rings (SSSR count). The summed E-state index contributed by atoms with van der Waals surface area (Å²) in [6.07, 6.45) is 3.41. The molecule has 22 heavy (non-hydrogen) atoms. The molecule has 0 aromatic carbocycles. The van der Waals surface area contributed by atoms with Crippen molar-refractivity contribution in [1.29, 1.82) is 0 Å². The van der Waals surface area contributed by atoms with Crippen molar-refractivity contribution in [3.63, 3.8) is 0 Å². The highest BCUT2D eigenvalue weighted by molar-refractivity contribution is 5.69. The summed E-state index contributed by atoms with van der Waals surface area (Å²) in [5.41, 5.74) is -1.15. The molecule has 0 radical (unpaired) electrons. The Morgan fingerprint density at radius 3 is 2.59 bits per heavy atom. The van der Waals surface area contributed by atoms with Crippen LogP contribution in [0.3, 0.4) is 0 Å². The van der Waals surface area contributed by atoms with Crippen molar-refractivity contribution in [1.82, 2.24) is 4.90 Å². The van der Waals surface area contributed by atoms with Gasteiger partial charge >= 0.3 is 6.09 Å². The zero-order valence-electron chi connectivity index (χ0n) is 15.0. The number of carbonyl (C=O) groups is 1. The van der Waals surface area contributed by atoms with E-state index >= 15 is 0 Å². The van der Waals surface area contributed by atoms with Gasteiger partial charge in [-0.2, -0.15) is 0 Å². The molecule has 0 bridgehead atoms. The van der Waals surface area contributed by atoms with E-state index in [1.54, 1.807) is 4.90 Å². The van der Waals surface area contributed by atoms with E-state index in [1.807, 2.05) is 34.6 Å². The predicted octanol–water partition coefficient (Wildman–Crippen LogP) is 3.55.